The molecule has 3 aromatic rings. The van der Waals surface area contributed by atoms with E-state index in [1.165, 1.54) is 0 Å². The summed E-state index contributed by atoms with van der Waals surface area (Å²) < 4.78 is 10.9. The van der Waals surface area contributed by atoms with Gasteiger partial charge in [0.2, 0.25) is 5.91 Å². The van der Waals surface area contributed by atoms with Crippen LogP contribution in [0.5, 0.6) is 0 Å². The third-order valence-electron chi connectivity index (χ3n) is 7.21. The van der Waals surface area contributed by atoms with E-state index >= 15 is 0 Å². The Hall–Kier alpha value is -4.66. The minimum Gasteiger partial charge on any atom is -0.480 e. The van der Waals surface area contributed by atoms with E-state index < -0.39 is 42.4 Å². The SMILES string of the molecule is CC(C)CCC(NC(=O)[C@H](CC(=O)OCc1ccccc1)NC(=O)OCC1c2ccccc2-c2ccccc21)C(=O)O. The predicted molar refractivity (Wildman–Crippen MR) is 156 cm³/mol. The molecule has 1 unspecified atom stereocenters. The van der Waals surface area contributed by atoms with Crippen molar-refractivity contribution < 1.29 is 33.8 Å². The van der Waals surface area contributed by atoms with Crippen LogP contribution in [0, 0.1) is 5.92 Å². The largest absolute Gasteiger partial charge is 0.480 e. The molecule has 3 N–H and O–H groups in total. The maximum Gasteiger partial charge on any atom is 0.407 e. The van der Waals surface area contributed by atoms with E-state index in [-0.39, 0.29) is 31.5 Å². The van der Waals surface area contributed by atoms with E-state index in [2.05, 4.69) is 10.6 Å². The molecule has 2 amide bonds. The third-order valence-corrected chi connectivity index (χ3v) is 7.21. The molecule has 0 radical (unpaired) electrons. The highest BCUT2D eigenvalue weighted by Gasteiger charge is 2.32. The highest BCUT2D eigenvalue weighted by atomic mass is 16.5. The summed E-state index contributed by atoms with van der Waals surface area (Å²) >= 11 is 0. The van der Waals surface area contributed by atoms with E-state index in [0.717, 1.165) is 27.8 Å². The lowest BCUT2D eigenvalue weighted by molar-refractivity contribution is -0.147. The fourth-order valence-electron chi connectivity index (χ4n) is 4.98. The average Bonchev–Trinajstić information content (AvgIpc) is 3.30. The van der Waals surface area contributed by atoms with Crippen LogP contribution in [0.3, 0.4) is 0 Å². The van der Waals surface area contributed by atoms with E-state index in [1.54, 1.807) is 24.3 Å². The van der Waals surface area contributed by atoms with Gasteiger partial charge in [-0.25, -0.2) is 9.59 Å². The fourth-order valence-corrected chi connectivity index (χ4v) is 4.98. The van der Waals surface area contributed by atoms with Gasteiger partial charge >= 0.3 is 18.0 Å². The van der Waals surface area contributed by atoms with Gasteiger partial charge in [-0.2, -0.15) is 0 Å². The molecule has 0 heterocycles. The monoisotopic (exact) mass is 572 g/mol. The van der Waals surface area contributed by atoms with Crippen molar-refractivity contribution >= 4 is 23.9 Å². The highest BCUT2D eigenvalue weighted by molar-refractivity contribution is 5.92. The van der Waals surface area contributed by atoms with Crippen LogP contribution in [-0.2, 0) is 30.5 Å². The summed E-state index contributed by atoms with van der Waals surface area (Å²) in [5.41, 5.74) is 4.96. The molecule has 4 rings (SSSR count). The Balaban J connectivity index is 1.43. The smallest absolute Gasteiger partial charge is 0.407 e. The Labute approximate surface area is 245 Å². The number of carboxylic acid groups (broad SMARTS) is 1. The van der Waals surface area contributed by atoms with Crippen molar-refractivity contribution in [2.24, 2.45) is 5.92 Å². The first-order chi connectivity index (χ1) is 20.2. The quantitative estimate of drug-likeness (QED) is 0.245. The minimum atomic E-state index is -1.40. The topological polar surface area (TPSA) is 131 Å². The van der Waals surface area contributed by atoms with Crippen LogP contribution < -0.4 is 10.6 Å². The summed E-state index contributed by atoms with van der Waals surface area (Å²) in [6, 6.07) is 22.2. The zero-order valence-electron chi connectivity index (χ0n) is 23.7. The lowest BCUT2D eigenvalue weighted by Gasteiger charge is -2.22. The number of hydrogen-bond acceptors (Lipinski definition) is 6. The number of amides is 2. The molecule has 0 fully saturated rings. The molecule has 1 aliphatic carbocycles. The number of hydrogen-bond donors (Lipinski definition) is 3. The lowest BCUT2D eigenvalue weighted by Crippen LogP contribution is -2.52. The molecule has 9 nitrogen and oxygen atoms in total. The first-order valence-electron chi connectivity index (χ1n) is 14.1. The van der Waals surface area contributed by atoms with Crippen LogP contribution in [0.25, 0.3) is 11.1 Å². The number of benzene rings is 3. The first kappa shape index (κ1) is 30.3. The van der Waals surface area contributed by atoms with Crippen molar-refractivity contribution in [3.05, 3.63) is 95.6 Å². The van der Waals surface area contributed by atoms with Crippen LogP contribution in [0.1, 0.15) is 55.7 Å². The number of rotatable bonds is 13. The van der Waals surface area contributed by atoms with Gasteiger partial charge in [-0.1, -0.05) is 92.7 Å². The van der Waals surface area contributed by atoms with Gasteiger partial charge in [0.05, 0.1) is 6.42 Å². The number of carbonyl (C=O) groups excluding carboxylic acids is 3. The maximum absolute atomic E-state index is 13.2. The number of ether oxygens (including phenoxy) is 2. The standard InChI is InChI=1S/C33H36N2O7/c1-21(2)16-17-28(32(38)39)34-31(37)29(18-30(36)41-19-22-10-4-3-5-11-22)35-33(40)42-20-27-25-14-8-6-12-23(25)24-13-7-9-15-26(24)27/h3-15,21,27-29H,16-20H2,1-2H3,(H,34,37)(H,35,40)(H,38,39)/t28?,29-/m0/s1. The summed E-state index contributed by atoms with van der Waals surface area (Å²) in [7, 11) is 0. The second-order valence-corrected chi connectivity index (χ2v) is 10.7. The maximum atomic E-state index is 13.2. The summed E-state index contributed by atoms with van der Waals surface area (Å²) in [6.45, 7) is 3.90. The predicted octanol–water partition coefficient (Wildman–Crippen LogP) is 5.03. The zero-order valence-corrected chi connectivity index (χ0v) is 23.7. The number of nitrogens with one attached hydrogen (secondary N) is 2. The number of alkyl carbamates (subject to hydrolysis) is 1. The van der Waals surface area contributed by atoms with Gasteiger partial charge in [0.25, 0.3) is 0 Å². The van der Waals surface area contributed by atoms with Crippen molar-refractivity contribution in [1.29, 1.82) is 0 Å². The summed E-state index contributed by atoms with van der Waals surface area (Å²) in [6.07, 6.45) is -0.628. The number of aliphatic carboxylic acids is 1. The Kier molecular flexibility index (Phi) is 10.3. The molecule has 0 spiro atoms. The van der Waals surface area contributed by atoms with Gasteiger partial charge in [0.15, 0.2) is 0 Å². The normalized spacial score (nSPS) is 13.4. The summed E-state index contributed by atoms with van der Waals surface area (Å²) in [5.74, 6) is -2.70. The Morgan fingerprint density at radius 1 is 0.762 bits per heavy atom. The van der Waals surface area contributed by atoms with E-state index in [4.69, 9.17) is 9.47 Å². The Bertz CT molecular complexity index is 1360. The minimum absolute atomic E-state index is 0.00883. The van der Waals surface area contributed by atoms with Gasteiger partial charge in [-0.3, -0.25) is 9.59 Å². The van der Waals surface area contributed by atoms with Crippen LogP contribution in [0.2, 0.25) is 0 Å². The van der Waals surface area contributed by atoms with Crippen molar-refractivity contribution in [2.45, 2.75) is 57.7 Å². The van der Waals surface area contributed by atoms with Gasteiger partial charge < -0.3 is 25.2 Å². The average molecular weight is 573 g/mol. The summed E-state index contributed by atoms with van der Waals surface area (Å²) in [5, 5.41) is 14.6. The van der Waals surface area contributed by atoms with Crippen molar-refractivity contribution in [2.75, 3.05) is 6.61 Å². The molecule has 0 bridgehead atoms. The second-order valence-electron chi connectivity index (χ2n) is 10.7. The number of carbonyl (C=O) groups is 4. The van der Waals surface area contributed by atoms with E-state index in [0.29, 0.717) is 6.42 Å². The van der Waals surface area contributed by atoms with Crippen molar-refractivity contribution in [3.8, 4) is 11.1 Å². The Morgan fingerprint density at radius 3 is 1.95 bits per heavy atom. The molecule has 3 aromatic carbocycles. The molecule has 0 saturated carbocycles. The summed E-state index contributed by atoms with van der Waals surface area (Å²) in [4.78, 5) is 50.6. The molecule has 0 aromatic heterocycles. The number of carboxylic acids is 1. The molecule has 220 valence electrons. The number of fused-ring (bicyclic) bond motifs is 3. The third kappa shape index (κ3) is 7.96. The van der Waals surface area contributed by atoms with Gasteiger partial charge in [-0.05, 0) is 46.6 Å². The van der Waals surface area contributed by atoms with E-state index in [1.807, 2.05) is 68.4 Å². The molecular weight excluding hydrogens is 536 g/mol. The fraction of sp³-hybridized carbons (Fsp3) is 0.333. The van der Waals surface area contributed by atoms with Crippen LogP contribution in [-0.4, -0.2) is 47.7 Å². The molecule has 0 saturated heterocycles. The molecule has 1 aliphatic rings. The highest BCUT2D eigenvalue weighted by Crippen LogP contribution is 2.44. The van der Waals surface area contributed by atoms with Crippen LogP contribution in [0.15, 0.2) is 78.9 Å². The molecule has 2 atom stereocenters. The van der Waals surface area contributed by atoms with Gasteiger partial charge in [-0.15, -0.1) is 0 Å². The van der Waals surface area contributed by atoms with Gasteiger partial charge in [0.1, 0.15) is 25.3 Å². The van der Waals surface area contributed by atoms with Crippen LogP contribution >= 0.6 is 0 Å². The first-order valence-corrected chi connectivity index (χ1v) is 14.1. The van der Waals surface area contributed by atoms with E-state index in [9.17, 15) is 24.3 Å². The van der Waals surface area contributed by atoms with Crippen molar-refractivity contribution in [3.63, 3.8) is 0 Å². The Morgan fingerprint density at radius 2 is 1.36 bits per heavy atom. The molecule has 9 heteroatoms. The van der Waals surface area contributed by atoms with Crippen LogP contribution in [0.4, 0.5) is 4.79 Å². The van der Waals surface area contributed by atoms with Gasteiger partial charge in [0, 0.05) is 5.92 Å². The number of esters is 1. The molecule has 42 heavy (non-hydrogen) atoms. The lowest BCUT2D eigenvalue weighted by atomic mass is 9.98. The molecular formula is C33H36N2O7. The van der Waals surface area contributed by atoms with Crippen molar-refractivity contribution in [1.82, 2.24) is 10.6 Å². The second kappa shape index (κ2) is 14.3. The zero-order chi connectivity index (χ0) is 30.1. The molecule has 0 aliphatic heterocycles.